The van der Waals surface area contributed by atoms with Crippen LogP contribution in [0.4, 0.5) is 18.9 Å². The number of halogens is 3. The Kier molecular flexibility index (Phi) is 5.40. The van der Waals surface area contributed by atoms with Crippen LogP contribution in [0.15, 0.2) is 42.5 Å². The lowest BCUT2D eigenvalue weighted by Gasteiger charge is -2.32. The van der Waals surface area contributed by atoms with Crippen molar-refractivity contribution in [2.24, 2.45) is 0 Å². The van der Waals surface area contributed by atoms with Crippen molar-refractivity contribution in [3.05, 3.63) is 74.8 Å². The molecule has 0 radical (unpaired) electrons. The third kappa shape index (κ3) is 3.63. The summed E-state index contributed by atoms with van der Waals surface area (Å²) in [6.07, 6.45) is 0. The topological polar surface area (TPSA) is 164 Å². The van der Waals surface area contributed by atoms with E-state index in [4.69, 9.17) is 4.55 Å². The first-order valence-electron chi connectivity index (χ1n) is 8.29. The minimum atomic E-state index is -6.29. The highest BCUT2D eigenvalue weighted by Gasteiger charge is 2.53. The second-order valence-corrected chi connectivity index (χ2v) is 8.24. The first kappa shape index (κ1) is 22.7. The highest BCUT2D eigenvalue weighted by molar-refractivity contribution is 7.97. The number of hydrogen-bond donors (Lipinski definition) is 3. The summed E-state index contributed by atoms with van der Waals surface area (Å²) in [6.45, 7) is 0. The number of rotatable bonds is 2. The summed E-state index contributed by atoms with van der Waals surface area (Å²) in [6, 6.07) is 8.86. The van der Waals surface area contributed by atoms with Crippen LogP contribution in [0.2, 0.25) is 0 Å². The number of alkyl halides is 3. The molecule has 4 amide bonds. The van der Waals surface area contributed by atoms with Gasteiger partial charge in [-0.3, -0.25) is 39.2 Å². The Hall–Kier alpha value is -3.98. The zero-order valence-electron chi connectivity index (χ0n) is 15.3. The number of nitro benzene ring substituents is 1. The number of fused-ring (bicyclic) bond motifs is 2. The van der Waals surface area contributed by atoms with E-state index in [0.717, 1.165) is 12.1 Å². The number of imide groups is 2. The Labute approximate surface area is 176 Å². The molecule has 0 spiro atoms. The van der Waals surface area contributed by atoms with E-state index < -0.39 is 53.8 Å². The molecule has 0 bridgehead atoms. The lowest BCUT2D eigenvalue weighted by Crippen LogP contribution is -2.49. The molecule has 168 valence electrons. The summed E-state index contributed by atoms with van der Waals surface area (Å²) < 4.78 is 57.0. The van der Waals surface area contributed by atoms with Gasteiger partial charge in [-0.25, -0.2) is 0 Å². The summed E-state index contributed by atoms with van der Waals surface area (Å²) >= 11 is 0. The Bertz CT molecular complexity index is 1230. The van der Waals surface area contributed by atoms with Crippen LogP contribution in [-0.4, -0.2) is 47.1 Å². The standard InChI is InChI=1S/C9H5F3N2O6S.C8H5NO2/c10-9(11,12)21(19,20)13-7(15)5-2-1-4(14(17)18)3-6(5)8(13)16;10-7-5-3-1-2-4-6(5)8(11)9-7/h1-3,21H,(H,19,20);1-4H,(H,9,10,11). The zero-order chi connectivity index (χ0) is 24.0. The van der Waals surface area contributed by atoms with Crippen LogP contribution in [0.25, 0.3) is 0 Å². The molecule has 32 heavy (non-hydrogen) atoms. The highest BCUT2D eigenvalue weighted by atomic mass is 32.3. The molecule has 0 fully saturated rings. The second kappa shape index (κ2) is 7.61. The Balaban J connectivity index is 0.000000219. The molecule has 4 rings (SSSR count). The van der Waals surface area contributed by atoms with Crippen LogP contribution in [0, 0.1) is 10.1 Å². The molecule has 0 atom stereocenters. The van der Waals surface area contributed by atoms with Gasteiger partial charge in [-0.15, -0.1) is 0 Å². The molecule has 2 aromatic carbocycles. The van der Waals surface area contributed by atoms with Gasteiger partial charge in [0, 0.05) is 12.1 Å². The number of carbonyl (C=O) groups is 4. The average molecular weight is 473 g/mol. The van der Waals surface area contributed by atoms with E-state index in [9.17, 15) is 46.7 Å². The van der Waals surface area contributed by atoms with Gasteiger partial charge in [-0.05, 0) is 28.6 Å². The van der Waals surface area contributed by atoms with Crippen molar-refractivity contribution in [2.75, 3.05) is 0 Å². The predicted octanol–water partition coefficient (Wildman–Crippen LogP) is 1.69. The largest absolute Gasteiger partial charge is 0.507 e. The molecular weight excluding hydrogens is 463 g/mol. The Morgan fingerprint density at radius 1 is 0.906 bits per heavy atom. The summed E-state index contributed by atoms with van der Waals surface area (Å²) in [4.78, 5) is 54.9. The van der Waals surface area contributed by atoms with Crippen LogP contribution in [0.5, 0.6) is 0 Å². The van der Waals surface area contributed by atoms with Crippen molar-refractivity contribution >= 4 is 39.7 Å². The van der Waals surface area contributed by atoms with Gasteiger partial charge in [0.2, 0.25) is 0 Å². The highest BCUT2D eigenvalue weighted by Crippen LogP contribution is 2.37. The first-order chi connectivity index (χ1) is 14.8. The summed E-state index contributed by atoms with van der Waals surface area (Å²) in [5.74, 6) is -3.94. The SMILES string of the molecule is O=C1NC(=O)c2ccccc21.O=C1c2ccc([N+](=O)[O-])cc2C(=O)N1[SH](=O)(O)C(F)(F)F. The lowest BCUT2D eigenvalue weighted by atomic mass is 10.1. The number of thiol groups is 1. The quantitative estimate of drug-likeness (QED) is 0.257. The third-order valence-corrected chi connectivity index (χ3v) is 5.87. The second-order valence-electron chi connectivity index (χ2n) is 6.25. The fourth-order valence-corrected chi connectivity index (χ4v) is 3.74. The normalized spacial score (nSPS) is 15.6. The molecule has 2 N–H and O–H groups in total. The van der Waals surface area contributed by atoms with Gasteiger partial charge in [-0.2, -0.15) is 21.7 Å². The van der Waals surface area contributed by atoms with Crippen molar-refractivity contribution in [1.82, 2.24) is 9.62 Å². The Morgan fingerprint density at radius 3 is 1.88 bits per heavy atom. The average Bonchev–Trinajstić information content (AvgIpc) is 3.14. The van der Waals surface area contributed by atoms with Crippen molar-refractivity contribution in [2.45, 2.75) is 5.51 Å². The van der Waals surface area contributed by atoms with Crippen LogP contribution in [0.3, 0.4) is 0 Å². The maximum Gasteiger partial charge on any atom is 0.507 e. The number of nitro groups is 1. The monoisotopic (exact) mass is 473 g/mol. The number of nitrogens with zero attached hydrogens (tertiary/aromatic N) is 2. The fraction of sp³-hybridized carbons (Fsp3) is 0.0588. The van der Waals surface area contributed by atoms with Crippen molar-refractivity contribution < 1.29 is 46.0 Å². The maximum atomic E-state index is 12.5. The summed E-state index contributed by atoms with van der Waals surface area (Å²) in [5.41, 5.74) is -6.75. The van der Waals surface area contributed by atoms with E-state index in [-0.39, 0.29) is 11.8 Å². The number of non-ortho nitro benzene ring substituents is 1. The minimum Gasteiger partial charge on any atom is -0.288 e. The van der Waals surface area contributed by atoms with Gasteiger partial charge in [-0.1, -0.05) is 12.1 Å². The molecule has 0 saturated heterocycles. The van der Waals surface area contributed by atoms with Crippen LogP contribution < -0.4 is 5.32 Å². The van der Waals surface area contributed by atoms with Crippen molar-refractivity contribution in [1.29, 1.82) is 0 Å². The van der Waals surface area contributed by atoms with Gasteiger partial charge in [0.25, 0.3) is 29.3 Å². The van der Waals surface area contributed by atoms with Gasteiger partial charge < -0.3 is 0 Å². The first-order valence-corrected chi connectivity index (χ1v) is 9.90. The van der Waals surface area contributed by atoms with Gasteiger partial charge in [0.15, 0.2) is 0 Å². The lowest BCUT2D eigenvalue weighted by molar-refractivity contribution is -0.384. The van der Waals surface area contributed by atoms with Crippen molar-refractivity contribution in [3.8, 4) is 0 Å². The van der Waals surface area contributed by atoms with Gasteiger partial charge >= 0.3 is 5.51 Å². The van der Waals surface area contributed by atoms with Crippen molar-refractivity contribution in [3.63, 3.8) is 0 Å². The predicted molar refractivity (Wildman–Crippen MR) is 100 cm³/mol. The maximum absolute atomic E-state index is 12.5. The molecule has 0 aliphatic carbocycles. The number of carbonyl (C=O) groups excluding carboxylic acids is 4. The molecule has 2 aromatic rings. The molecule has 11 nitrogen and oxygen atoms in total. The molecule has 2 heterocycles. The summed E-state index contributed by atoms with van der Waals surface area (Å²) in [7, 11) is -6.29. The number of benzene rings is 2. The third-order valence-electron chi connectivity index (χ3n) is 4.30. The molecule has 2 aliphatic heterocycles. The smallest absolute Gasteiger partial charge is 0.288 e. The Morgan fingerprint density at radius 2 is 1.41 bits per heavy atom. The van der Waals surface area contributed by atoms with Crippen LogP contribution in [-0.2, 0) is 10.4 Å². The molecule has 0 aromatic heterocycles. The van der Waals surface area contributed by atoms with Crippen LogP contribution >= 0.6 is 0 Å². The minimum absolute atomic E-state index is 0.300. The number of nitrogens with one attached hydrogen (secondary N) is 1. The molecule has 15 heteroatoms. The van der Waals surface area contributed by atoms with E-state index in [1.54, 1.807) is 24.3 Å². The number of hydrogen-bond acceptors (Lipinski definition) is 7. The van der Waals surface area contributed by atoms with E-state index in [1.807, 2.05) is 0 Å². The van der Waals surface area contributed by atoms with E-state index >= 15 is 0 Å². The van der Waals surface area contributed by atoms with E-state index in [0.29, 0.717) is 17.2 Å². The van der Waals surface area contributed by atoms with E-state index in [2.05, 4.69) is 5.32 Å². The molecular formula is C17H10F3N3O8S. The van der Waals surface area contributed by atoms with E-state index in [1.165, 1.54) is 0 Å². The fourth-order valence-electron chi connectivity index (χ4n) is 2.81. The van der Waals surface area contributed by atoms with Gasteiger partial charge in [0.05, 0.1) is 27.2 Å². The molecule has 2 aliphatic rings. The zero-order valence-corrected chi connectivity index (χ0v) is 16.2. The summed E-state index contributed by atoms with van der Waals surface area (Å²) in [5, 5.41) is 12.7. The van der Waals surface area contributed by atoms with Crippen LogP contribution in [0.1, 0.15) is 41.4 Å². The van der Waals surface area contributed by atoms with Gasteiger partial charge in [0.1, 0.15) is 0 Å². The molecule has 0 unspecified atom stereocenters. The molecule has 0 saturated carbocycles. The number of amides is 4.